The minimum Gasteiger partial charge on any atom is -0.486 e. The van der Waals surface area contributed by atoms with Gasteiger partial charge in [0.05, 0.1) is 5.39 Å². The van der Waals surface area contributed by atoms with Crippen molar-refractivity contribution in [1.29, 1.82) is 0 Å². The lowest BCUT2D eigenvalue weighted by Gasteiger charge is -2.07. The van der Waals surface area contributed by atoms with Gasteiger partial charge >= 0.3 is 0 Å². The average molecular weight is 289 g/mol. The van der Waals surface area contributed by atoms with Crippen LogP contribution in [0.2, 0.25) is 0 Å². The highest BCUT2D eigenvalue weighted by Crippen LogP contribution is 2.23. The van der Waals surface area contributed by atoms with Gasteiger partial charge in [-0.25, -0.2) is 14.4 Å². The van der Waals surface area contributed by atoms with Gasteiger partial charge in [-0.1, -0.05) is 0 Å². The van der Waals surface area contributed by atoms with Crippen LogP contribution in [0.4, 0.5) is 10.2 Å². The summed E-state index contributed by atoms with van der Waals surface area (Å²) in [6, 6.07) is 6.49. The monoisotopic (exact) mass is 289 g/mol. The van der Waals surface area contributed by atoms with Crippen LogP contribution in [0.5, 0.6) is 5.75 Å². The number of aryl methyl sites for hydroxylation is 1. The van der Waals surface area contributed by atoms with Crippen LogP contribution in [-0.2, 0) is 6.61 Å². The second-order valence-electron chi connectivity index (χ2n) is 4.36. The number of nitrogens with zero attached hydrogens (tertiary/aromatic N) is 2. The Labute approximate surface area is 119 Å². The van der Waals surface area contributed by atoms with Crippen molar-refractivity contribution >= 4 is 27.4 Å². The fourth-order valence-corrected chi connectivity index (χ4v) is 2.63. The van der Waals surface area contributed by atoms with E-state index in [1.54, 1.807) is 19.1 Å². The van der Waals surface area contributed by atoms with E-state index in [4.69, 9.17) is 10.5 Å². The van der Waals surface area contributed by atoms with Crippen molar-refractivity contribution in [3.63, 3.8) is 0 Å². The van der Waals surface area contributed by atoms with Gasteiger partial charge in [-0.15, -0.1) is 11.3 Å². The number of fused-ring (bicyclic) bond motifs is 1. The van der Waals surface area contributed by atoms with E-state index >= 15 is 0 Å². The van der Waals surface area contributed by atoms with Crippen LogP contribution in [0.3, 0.4) is 0 Å². The molecule has 102 valence electrons. The van der Waals surface area contributed by atoms with Gasteiger partial charge in [0.25, 0.3) is 0 Å². The summed E-state index contributed by atoms with van der Waals surface area (Å²) >= 11 is 1.51. The number of hydrogen-bond donors (Lipinski definition) is 1. The summed E-state index contributed by atoms with van der Waals surface area (Å²) in [6.07, 6.45) is 0. The molecule has 0 radical (unpaired) electrons. The summed E-state index contributed by atoms with van der Waals surface area (Å²) in [7, 11) is 0. The molecule has 0 unspecified atom stereocenters. The van der Waals surface area contributed by atoms with Crippen LogP contribution in [0.25, 0.3) is 10.2 Å². The molecule has 3 aromatic rings. The first-order chi connectivity index (χ1) is 9.63. The lowest BCUT2D eigenvalue weighted by molar-refractivity contribution is 0.296. The first-order valence-corrected chi connectivity index (χ1v) is 6.90. The van der Waals surface area contributed by atoms with Crippen molar-refractivity contribution in [2.75, 3.05) is 5.73 Å². The van der Waals surface area contributed by atoms with Gasteiger partial charge in [0, 0.05) is 0 Å². The molecule has 6 heteroatoms. The third kappa shape index (κ3) is 2.42. The molecule has 4 nitrogen and oxygen atoms in total. The molecule has 0 saturated heterocycles. The SMILES string of the molecule is Cc1cc(OCc2nc(N)c3ccsc3n2)ccc1F. The molecule has 0 bridgehead atoms. The highest BCUT2D eigenvalue weighted by atomic mass is 32.1. The van der Waals surface area contributed by atoms with Crippen molar-refractivity contribution in [3.8, 4) is 5.75 Å². The first-order valence-electron chi connectivity index (χ1n) is 6.02. The molecule has 3 rings (SSSR count). The van der Waals surface area contributed by atoms with Crippen LogP contribution >= 0.6 is 11.3 Å². The quantitative estimate of drug-likeness (QED) is 0.803. The number of thiophene rings is 1. The van der Waals surface area contributed by atoms with Crippen molar-refractivity contribution in [2.24, 2.45) is 0 Å². The van der Waals surface area contributed by atoms with Gasteiger partial charge < -0.3 is 10.5 Å². The topological polar surface area (TPSA) is 61.0 Å². The van der Waals surface area contributed by atoms with Crippen LogP contribution in [0.15, 0.2) is 29.6 Å². The molecule has 0 amide bonds. The summed E-state index contributed by atoms with van der Waals surface area (Å²) < 4.78 is 18.7. The molecular weight excluding hydrogens is 277 g/mol. The number of hydrogen-bond acceptors (Lipinski definition) is 5. The van der Waals surface area contributed by atoms with Gasteiger partial charge in [0.1, 0.15) is 28.8 Å². The summed E-state index contributed by atoms with van der Waals surface area (Å²) in [5.74, 6) is 1.29. The lowest BCUT2D eigenvalue weighted by atomic mass is 10.2. The minimum absolute atomic E-state index is 0.198. The van der Waals surface area contributed by atoms with Crippen molar-refractivity contribution in [2.45, 2.75) is 13.5 Å². The van der Waals surface area contributed by atoms with Gasteiger partial charge in [0.15, 0.2) is 5.82 Å². The summed E-state index contributed by atoms with van der Waals surface area (Å²) in [5.41, 5.74) is 6.40. The Morgan fingerprint density at radius 3 is 2.95 bits per heavy atom. The number of rotatable bonds is 3. The van der Waals surface area contributed by atoms with Gasteiger partial charge in [-0.3, -0.25) is 0 Å². The van der Waals surface area contributed by atoms with E-state index < -0.39 is 0 Å². The minimum atomic E-state index is -0.252. The van der Waals surface area contributed by atoms with E-state index in [1.807, 2.05) is 11.4 Å². The molecule has 0 atom stereocenters. The number of halogens is 1. The summed E-state index contributed by atoms with van der Waals surface area (Å²) in [6.45, 7) is 1.89. The number of ether oxygens (including phenoxy) is 1. The van der Waals surface area contributed by atoms with Gasteiger partial charge in [0.2, 0.25) is 0 Å². The highest BCUT2D eigenvalue weighted by Gasteiger charge is 2.07. The van der Waals surface area contributed by atoms with E-state index in [0.29, 0.717) is 23.0 Å². The third-order valence-corrected chi connectivity index (χ3v) is 3.70. The van der Waals surface area contributed by atoms with Crippen LogP contribution in [-0.4, -0.2) is 9.97 Å². The number of aromatic nitrogens is 2. The Morgan fingerprint density at radius 2 is 2.15 bits per heavy atom. The molecule has 0 spiro atoms. The first kappa shape index (κ1) is 12.8. The average Bonchev–Trinajstić information content (AvgIpc) is 2.89. The van der Waals surface area contributed by atoms with Crippen LogP contribution in [0, 0.1) is 12.7 Å². The molecule has 1 aromatic carbocycles. The fraction of sp³-hybridized carbons (Fsp3) is 0.143. The molecular formula is C14H12FN3OS. The van der Waals surface area contributed by atoms with Crippen molar-refractivity contribution < 1.29 is 9.13 Å². The third-order valence-electron chi connectivity index (χ3n) is 2.90. The summed E-state index contributed by atoms with van der Waals surface area (Å²) in [5, 5.41) is 2.78. The normalized spacial score (nSPS) is 10.9. The Kier molecular flexibility index (Phi) is 3.23. The van der Waals surface area contributed by atoms with E-state index in [0.717, 1.165) is 10.2 Å². The molecule has 0 aliphatic carbocycles. The highest BCUT2D eigenvalue weighted by molar-refractivity contribution is 7.16. The van der Waals surface area contributed by atoms with Crippen molar-refractivity contribution in [1.82, 2.24) is 9.97 Å². The Hall–Kier alpha value is -2.21. The zero-order valence-corrected chi connectivity index (χ0v) is 11.6. The number of benzene rings is 1. The van der Waals surface area contributed by atoms with E-state index in [9.17, 15) is 4.39 Å². The van der Waals surface area contributed by atoms with E-state index in [-0.39, 0.29) is 12.4 Å². The smallest absolute Gasteiger partial charge is 0.169 e. The second-order valence-corrected chi connectivity index (χ2v) is 5.26. The van der Waals surface area contributed by atoms with E-state index in [2.05, 4.69) is 9.97 Å². The maximum atomic E-state index is 13.2. The molecule has 0 fully saturated rings. The molecule has 2 N–H and O–H groups in total. The van der Waals surface area contributed by atoms with Crippen LogP contribution < -0.4 is 10.5 Å². The Morgan fingerprint density at radius 1 is 1.30 bits per heavy atom. The zero-order valence-electron chi connectivity index (χ0n) is 10.8. The zero-order chi connectivity index (χ0) is 14.1. The van der Waals surface area contributed by atoms with Crippen LogP contribution in [0.1, 0.15) is 11.4 Å². The number of anilines is 1. The largest absolute Gasteiger partial charge is 0.486 e. The maximum Gasteiger partial charge on any atom is 0.169 e. The second kappa shape index (κ2) is 5.05. The Balaban J connectivity index is 1.80. The predicted molar refractivity (Wildman–Crippen MR) is 77.3 cm³/mol. The number of nitrogen functional groups attached to an aromatic ring is 1. The standard InChI is InChI=1S/C14H12FN3OS/c1-8-6-9(2-3-11(8)15)19-7-12-17-13(16)10-4-5-20-14(10)18-12/h2-6H,7H2,1H3,(H2,16,17,18). The lowest BCUT2D eigenvalue weighted by Crippen LogP contribution is -2.04. The molecule has 0 aliphatic rings. The van der Waals surface area contributed by atoms with Gasteiger partial charge in [-0.05, 0) is 42.1 Å². The number of nitrogens with two attached hydrogens (primary N) is 1. The molecule has 0 aliphatic heterocycles. The molecule has 2 aromatic heterocycles. The maximum absolute atomic E-state index is 13.2. The predicted octanol–water partition coefficient (Wildman–Crippen LogP) is 3.30. The Bertz CT molecular complexity index is 772. The molecule has 0 saturated carbocycles. The fourth-order valence-electron chi connectivity index (χ4n) is 1.84. The molecule has 20 heavy (non-hydrogen) atoms. The van der Waals surface area contributed by atoms with Gasteiger partial charge in [-0.2, -0.15) is 0 Å². The summed E-state index contributed by atoms with van der Waals surface area (Å²) in [4.78, 5) is 9.42. The molecule has 2 heterocycles. The van der Waals surface area contributed by atoms with E-state index in [1.165, 1.54) is 17.4 Å². The van der Waals surface area contributed by atoms with Crippen molar-refractivity contribution in [3.05, 3.63) is 46.9 Å².